The summed E-state index contributed by atoms with van der Waals surface area (Å²) in [5.74, 6) is 1.58. The van der Waals surface area contributed by atoms with E-state index in [2.05, 4.69) is 5.32 Å². The molecule has 1 unspecified atom stereocenters. The van der Waals surface area contributed by atoms with E-state index in [-0.39, 0.29) is 12.0 Å². The number of benzene rings is 3. The van der Waals surface area contributed by atoms with Crippen LogP contribution in [-0.2, 0) is 6.61 Å². The summed E-state index contributed by atoms with van der Waals surface area (Å²) in [5, 5.41) is 3.35. The number of halogens is 1. The summed E-state index contributed by atoms with van der Waals surface area (Å²) in [6.45, 7) is 1.03. The number of rotatable bonds is 6. The maximum atomic E-state index is 12.8. The Kier molecular flexibility index (Phi) is 5.86. The highest BCUT2D eigenvalue weighted by Gasteiger charge is 2.22. The standard InChI is InChI=1S/C23H20ClNO4/c24-17-10-11-20(27-14-16-6-2-1-3-7-16)19(12-17)23(26)25-13-18-15-28-21-8-4-5-9-22(21)29-18/h1-12,18H,13-15H2,(H,25,26). The van der Waals surface area contributed by atoms with Gasteiger partial charge in [-0.15, -0.1) is 0 Å². The lowest BCUT2D eigenvalue weighted by Gasteiger charge is -2.26. The Bertz CT molecular complexity index is 993. The maximum Gasteiger partial charge on any atom is 0.255 e. The number of hydrogen-bond acceptors (Lipinski definition) is 4. The highest BCUT2D eigenvalue weighted by atomic mass is 35.5. The van der Waals surface area contributed by atoms with Crippen LogP contribution in [0.4, 0.5) is 0 Å². The van der Waals surface area contributed by atoms with Gasteiger partial charge in [-0.25, -0.2) is 0 Å². The molecule has 0 spiro atoms. The van der Waals surface area contributed by atoms with Gasteiger partial charge in [0.15, 0.2) is 11.5 Å². The first kappa shape index (κ1) is 19.2. The fourth-order valence-corrected chi connectivity index (χ4v) is 3.18. The van der Waals surface area contributed by atoms with Crippen LogP contribution in [0.25, 0.3) is 0 Å². The molecule has 0 aromatic heterocycles. The normalized spacial score (nSPS) is 14.9. The molecule has 0 bridgehead atoms. The van der Waals surface area contributed by atoms with E-state index in [4.69, 9.17) is 25.8 Å². The minimum atomic E-state index is -0.280. The van der Waals surface area contributed by atoms with Crippen molar-refractivity contribution in [1.82, 2.24) is 5.32 Å². The highest BCUT2D eigenvalue weighted by Crippen LogP contribution is 2.30. The molecule has 1 N–H and O–H groups in total. The van der Waals surface area contributed by atoms with Gasteiger partial charge in [0.05, 0.1) is 12.1 Å². The summed E-state index contributed by atoms with van der Waals surface area (Å²) in [5.41, 5.74) is 1.39. The Morgan fingerprint density at radius 1 is 1.03 bits per heavy atom. The molecule has 0 aliphatic carbocycles. The van der Waals surface area contributed by atoms with Gasteiger partial charge in [0.1, 0.15) is 25.1 Å². The summed E-state index contributed by atoms with van der Waals surface area (Å²) in [6, 6.07) is 22.2. The van der Waals surface area contributed by atoms with Crippen molar-refractivity contribution in [3.8, 4) is 17.2 Å². The van der Waals surface area contributed by atoms with Gasteiger partial charge < -0.3 is 19.5 Å². The zero-order valence-corrected chi connectivity index (χ0v) is 16.4. The van der Waals surface area contributed by atoms with Crippen LogP contribution in [0.5, 0.6) is 17.2 Å². The average molecular weight is 410 g/mol. The third-order valence-electron chi connectivity index (χ3n) is 4.48. The van der Waals surface area contributed by atoms with Crippen LogP contribution in [0.1, 0.15) is 15.9 Å². The van der Waals surface area contributed by atoms with E-state index in [0.717, 1.165) is 5.56 Å². The first-order valence-electron chi connectivity index (χ1n) is 9.32. The van der Waals surface area contributed by atoms with Crippen molar-refractivity contribution in [2.45, 2.75) is 12.7 Å². The molecule has 29 heavy (non-hydrogen) atoms. The van der Waals surface area contributed by atoms with E-state index >= 15 is 0 Å². The van der Waals surface area contributed by atoms with E-state index in [9.17, 15) is 4.79 Å². The van der Waals surface area contributed by atoms with Crippen molar-refractivity contribution in [2.75, 3.05) is 13.2 Å². The molecule has 3 aromatic rings. The van der Waals surface area contributed by atoms with Gasteiger partial charge in [0.25, 0.3) is 5.91 Å². The smallest absolute Gasteiger partial charge is 0.255 e. The quantitative estimate of drug-likeness (QED) is 0.651. The second-order valence-electron chi connectivity index (χ2n) is 6.62. The Morgan fingerprint density at radius 2 is 1.79 bits per heavy atom. The van der Waals surface area contributed by atoms with Gasteiger partial charge in [0.2, 0.25) is 0 Å². The summed E-state index contributed by atoms with van der Waals surface area (Å²) in [6.07, 6.45) is -0.276. The molecule has 0 saturated carbocycles. The molecule has 6 heteroatoms. The molecule has 0 fully saturated rings. The highest BCUT2D eigenvalue weighted by molar-refractivity contribution is 6.31. The largest absolute Gasteiger partial charge is 0.488 e. The van der Waals surface area contributed by atoms with E-state index in [1.807, 2.05) is 54.6 Å². The zero-order chi connectivity index (χ0) is 20.1. The summed E-state index contributed by atoms with van der Waals surface area (Å²) >= 11 is 6.10. The Hall–Kier alpha value is -3.18. The second kappa shape index (κ2) is 8.88. The van der Waals surface area contributed by atoms with Crippen molar-refractivity contribution >= 4 is 17.5 Å². The third kappa shape index (κ3) is 4.81. The van der Waals surface area contributed by atoms with Gasteiger partial charge in [-0.05, 0) is 35.9 Å². The van der Waals surface area contributed by atoms with Gasteiger partial charge in [-0.1, -0.05) is 54.1 Å². The van der Waals surface area contributed by atoms with E-state index in [1.165, 1.54) is 0 Å². The van der Waals surface area contributed by atoms with Crippen LogP contribution in [-0.4, -0.2) is 25.2 Å². The average Bonchev–Trinajstić information content (AvgIpc) is 2.77. The van der Waals surface area contributed by atoms with E-state index < -0.39 is 0 Å². The lowest BCUT2D eigenvalue weighted by Crippen LogP contribution is -2.40. The van der Waals surface area contributed by atoms with Gasteiger partial charge >= 0.3 is 0 Å². The van der Waals surface area contributed by atoms with E-state index in [0.29, 0.717) is 47.6 Å². The van der Waals surface area contributed by atoms with Gasteiger partial charge in [-0.3, -0.25) is 4.79 Å². The Morgan fingerprint density at radius 3 is 2.62 bits per heavy atom. The van der Waals surface area contributed by atoms with Crippen LogP contribution >= 0.6 is 11.6 Å². The molecule has 1 aliphatic heterocycles. The Labute approximate surface area is 174 Å². The molecular formula is C23H20ClNO4. The number of fused-ring (bicyclic) bond motifs is 1. The van der Waals surface area contributed by atoms with Crippen molar-refractivity contribution < 1.29 is 19.0 Å². The topological polar surface area (TPSA) is 56.8 Å². The van der Waals surface area contributed by atoms with Gasteiger partial charge in [0, 0.05) is 5.02 Å². The molecule has 4 rings (SSSR count). The molecule has 0 radical (unpaired) electrons. The number of carbonyl (C=O) groups excluding carboxylic acids is 1. The monoisotopic (exact) mass is 409 g/mol. The van der Waals surface area contributed by atoms with Crippen molar-refractivity contribution in [2.24, 2.45) is 0 Å². The van der Waals surface area contributed by atoms with Crippen molar-refractivity contribution in [3.05, 3.63) is 88.9 Å². The minimum absolute atomic E-state index is 0.276. The van der Waals surface area contributed by atoms with Crippen LogP contribution in [0, 0.1) is 0 Å². The third-order valence-corrected chi connectivity index (χ3v) is 4.72. The first-order chi connectivity index (χ1) is 14.2. The summed E-state index contributed by atoms with van der Waals surface area (Å²) in [4.78, 5) is 12.8. The second-order valence-corrected chi connectivity index (χ2v) is 7.06. The molecule has 1 amide bonds. The molecule has 0 saturated heterocycles. The first-order valence-corrected chi connectivity index (χ1v) is 9.70. The zero-order valence-electron chi connectivity index (χ0n) is 15.6. The minimum Gasteiger partial charge on any atom is -0.488 e. The van der Waals surface area contributed by atoms with Crippen molar-refractivity contribution in [3.63, 3.8) is 0 Å². The number of ether oxygens (including phenoxy) is 3. The molecule has 5 nitrogen and oxygen atoms in total. The number of hydrogen-bond donors (Lipinski definition) is 1. The predicted molar refractivity (Wildman–Crippen MR) is 111 cm³/mol. The molecular weight excluding hydrogens is 390 g/mol. The van der Waals surface area contributed by atoms with Crippen LogP contribution in [0.15, 0.2) is 72.8 Å². The lowest BCUT2D eigenvalue weighted by atomic mass is 10.1. The summed E-state index contributed by atoms with van der Waals surface area (Å²) < 4.78 is 17.4. The SMILES string of the molecule is O=C(NCC1COc2ccccc2O1)c1cc(Cl)ccc1OCc1ccccc1. The van der Waals surface area contributed by atoms with Crippen LogP contribution in [0.2, 0.25) is 5.02 Å². The lowest BCUT2D eigenvalue weighted by molar-refractivity contribution is 0.0787. The van der Waals surface area contributed by atoms with Crippen molar-refractivity contribution in [1.29, 1.82) is 0 Å². The fourth-order valence-electron chi connectivity index (χ4n) is 3.01. The molecule has 3 aromatic carbocycles. The fraction of sp³-hybridized carbons (Fsp3) is 0.174. The molecule has 1 heterocycles. The molecule has 1 atom stereocenters. The number of amides is 1. The summed E-state index contributed by atoms with van der Waals surface area (Å²) in [7, 11) is 0. The number of nitrogens with one attached hydrogen (secondary N) is 1. The van der Waals surface area contributed by atoms with Crippen LogP contribution < -0.4 is 19.5 Å². The molecule has 148 valence electrons. The number of carbonyl (C=O) groups is 1. The molecule has 1 aliphatic rings. The van der Waals surface area contributed by atoms with Gasteiger partial charge in [-0.2, -0.15) is 0 Å². The predicted octanol–water partition coefficient (Wildman–Crippen LogP) is 4.49. The van der Waals surface area contributed by atoms with Crippen LogP contribution in [0.3, 0.4) is 0 Å². The number of para-hydroxylation sites is 2. The maximum absolute atomic E-state index is 12.8. The van der Waals surface area contributed by atoms with E-state index in [1.54, 1.807) is 18.2 Å². The Balaban J connectivity index is 1.40.